The Bertz CT molecular complexity index is 57.6. The molecule has 1 nitrogen and oxygen atoms in total. The first kappa shape index (κ1) is 11.5. The van der Waals surface area contributed by atoms with E-state index in [1.807, 2.05) is 0 Å². The van der Waals surface area contributed by atoms with Crippen molar-refractivity contribution in [1.29, 1.82) is 0 Å². The Hall–Kier alpha value is -0.300. The van der Waals surface area contributed by atoms with Crippen LogP contribution >= 0.6 is 0 Å². The lowest BCUT2D eigenvalue weighted by Gasteiger charge is -1.85. The standard InChI is InChI=1S/C8H16.H2O/c1-3-5-7-8-6-4-2;/h5,7H,3-4,6,8H2,1-2H3;1H2. The molecule has 1 heteroatoms. The molecule has 2 N–H and O–H groups in total. The molecule has 0 aliphatic carbocycles. The predicted octanol–water partition coefficient (Wildman–Crippen LogP) is 2.32. The predicted molar refractivity (Wildman–Crippen MR) is 42.6 cm³/mol. The molecule has 0 aromatic rings. The lowest BCUT2D eigenvalue weighted by molar-refractivity contribution is 0.812. The molecule has 0 aliphatic rings. The minimum atomic E-state index is 0. The third kappa shape index (κ3) is 11.3. The van der Waals surface area contributed by atoms with Crippen molar-refractivity contribution in [3.63, 3.8) is 0 Å². The zero-order chi connectivity index (χ0) is 6.24. The summed E-state index contributed by atoms with van der Waals surface area (Å²) in [4.78, 5) is 0. The number of allylic oxidation sites excluding steroid dienone is 2. The van der Waals surface area contributed by atoms with Gasteiger partial charge >= 0.3 is 0 Å². The maximum absolute atomic E-state index is 2.27. The molecule has 0 saturated carbocycles. The molecule has 0 saturated heterocycles. The van der Waals surface area contributed by atoms with Gasteiger partial charge in [-0.25, -0.2) is 0 Å². The summed E-state index contributed by atoms with van der Waals surface area (Å²) < 4.78 is 0. The molecule has 0 spiro atoms. The summed E-state index contributed by atoms with van der Waals surface area (Å²) in [6.07, 6.45) is 9.61. The van der Waals surface area contributed by atoms with Crippen LogP contribution in [0.2, 0.25) is 0 Å². The molecule has 0 atom stereocenters. The van der Waals surface area contributed by atoms with Crippen LogP contribution in [0, 0.1) is 0 Å². The number of unbranched alkanes of at least 4 members (excludes halogenated alkanes) is 2. The highest BCUT2D eigenvalue weighted by Crippen LogP contribution is 1.94. The molecule has 0 fully saturated rings. The van der Waals surface area contributed by atoms with Gasteiger partial charge in [0.25, 0.3) is 0 Å². The number of rotatable bonds is 4. The van der Waals surface area contributed by atoms with Crippen LogP contribution in [0.5, 0.6) is 0 Å². The van der Waals surface area contributed by atoms with Crippen LogP contribution in [0.1, 0.15) is 39.5 Å². The fourth-order valence-electron chi connectivity index (χ4n) is 0.606. The molecular formula is C8H18O. The summed E-state index contributed by atoms with van der Waals surface area (Å²) in [6, 6.07) is 0. The van der Waals surface area contributed by atoms with Gasteiger partial charge < -0.3 is 5.48 Å². The van der Waals surface area contributed by atoms with Crippen molar-refractivity contribution >= 4 is 0 Å². The van der Waals surface area contributed by atoms with E-state index in [1.165, 1.54) is 25.7 Å². The van der Waals surface area contributed by atoms with Gasteiger partial charge in [-0.05, 0) is 12.8 Å². The first-order valence-electron chi connectivity index (χ1n) is 3.56. The quantitative estimate of drug-likeness (QED) is 0.413. The monoisotopic (exact) mass is 130 g/mol. The molecule has 0 rings (SSSR count). The van der Waals surface area contributed by atoms with Gasteiger partial charge in [-0.1, -0.05) is 38.8 Å². The zero-order valence-electron chi connectivity index (χ0n) is 6.48. The van der Waals surface area contributed by atoms with Crippen LogP contribution < -0.4 is 0 Å². The Kier molecular flexibility index (Phi) is 13.6. The van der Waals surface area contributed by atoms with Gasteiger partial charge in [-0.2, -0.15) is 0 Å². The van der Waals surface area contributed by atoms with Gasteiger partial charge in [0, 0.05) is 0 Å². The molecule has 0 aromatic carbocycles. The average molecular weight is 130 g/mol. The largest absolute Gasteiger partial charge is 0.412 e. The van der Waals surface area contributed by atoms with Crippen LogP contribution in [0.3, 0.4) is 0 Å². The van der Waals surface area contributed by atoms with E-state index in [0.29, 0.717) is 0 Å². The molecule has 9 heavy (non-hydrogen) atoms. The third-order valence-corrected chi connectivity index (χ3v) is 1.13. The molecule has 0 unspecified atom stereocenters. The van der Waals surface area contributed by atoms with Crippen molar-refractivity contribution in [1.82, 2.24) is 0 Å². The molecule has 0 aromatic heterocycles. The third-order valence-electron chi connectivity index (χ3n) is 1.13. The number of hydrogen-bond acceptors (Lipinski definition) is 0. The van der Waals surface area contributed by atoms with E-state index in [4.69, 9.17) is 0 Å². The normalized spacial score (nSPS) is 9.56. The van der Waals surface area contributed by atoms with Gasteiger partial charge in [0.15, 0.2) is 0 Å². The van der Waals surface area contributed by atoms with Gasteiger partial charge in [-0.15, -0.1) is 0 Å². The topological polar surface area (TPSA) is 31.5 Å². The van der Waals surface area contributed by atoms with Crippen LogP contribution in [0.15, 0.2) is 12.2 Å². The lowest BCUT2D eigenvalue weighted by atomic mass is 10.2. The minimum Gasteiger partial charge on any atom is -0.412 e. The van der Waals surface area contributed by atoms with Crippen molar-refractivity contribution in [2.24, 2.45) is 0 Å². The van der Waals surface area contributed by atoms with Crippen molar-refractivity contribution < 1.29 is 5.48 Å². The molecule has 0 bridgehead atoms. The van der Waals surface area contributed by atoms with Crippen molar-refractivity contribution in [2.75, 3.05) is 0 Å². The van der Waals surface area contributed by atoms with Crippen LogP contribution in [0.4, 0.5) is 0 Å². The Morgan fingerprint density at radius 1 is 1.11 bits per heavy atom. The van der Waals surface area contributed by atoms with E-state index in [1.54, 1.807) is 0 Å². The van der Waals surface area contributed by atoms with Crippen LogP contribution in [0.25, 0.3) is 0 Å². The van der Waals surface area contributed by atoms with E-state index in [2.05, 4.69) is 26.0 Å². The summed E-state index contributed by atoms with van der Waals surface area (Å²) in [5.41, 5.74) is 0. The van der Waals surface area contributed by atoms with E-state index in [-0.39, 0.29) is 5.48 Å². The Morgan fingerprint density at radius 3 is 2.22 bits per heavy atom. The average Bonchev–Trinajstić information content (AvgIpc) is 1.81. The minimum absolute atomic E-state index is 0. The molecule has 0 heterocycles. The van der Waals surface area contributed by atoms with Gasteiger partial charge in [0.2, 0.25) is 0 Å². The first-order valence-corrected chi connectivity index (χ1v) is 3.56. The van der Waals surface area contributed by atoms with E-state index in [9.17, 15) is 0 Å². The second kappa shape index (κ2) is 10.6. The maximum Gasteiger partial charge on any atom is -0.0351 e. The van der Waals surface area contributed by atoms with Gasteiger partial charge in [-0.3, -0.25) is 0 Å². The fraction of sp³-hybridized carbons (Fsp3) is 0.750. The van der Waals surface area contributed by atoms with Gasteiger partial charge in [0.05, 0.1) is 0 Å². The smallest absolute Gasteiger partial charge is 0.0351 e. The number of hydrogen-bond donors (Lipinski definition) is 0. The van der Waals surface area contributed by atoms with Crippen LogP contribution in [-0.4, -0.2) is 5.48 Å². The fourth-order valence-corrected chi connectivity index (χ4v) is 0.606. The van der Waals surface area contributed by atoms with Gasteiger partial charge in [0.1, 0.15) is 0 Å². The summed E-state index contributed by atoms with van der Waals surface area (Å²) in [5, 5.41) is 0. The summed E-state index contributed by atoms with van der Waals surface area (Å²) >= 11 is 0. The second-order valence-corrected chi connectivity index (χ2v) is 2.02. The second-order valence-electron chi connectivity index (χ2n) is 2.02. The van der Waals surface area contributed by atoms with E-state index in [0.717, 1.165) is 0 Å². The van der Waals surface area contributed by atoms with Crippen molar-refractivity contribution in [3.05, 3.63) is 12.2 Å². The Morgan fingerprint density at radius 2 is 1.78 bits per heavy atom. The Labute approximate surface area is 58.1 Å². The first-order chi connectivity index (χ1) is 3.91. The van der Waals surface area contributed by atoms with Crippen LogP contribution in [-0.2, 0) is 0 Å². The highest BCUT2D eigenvalue weighted by molar-refractivity contribution is 4.79. The van der Waals surface area contributed by atoms with Crippen molar-refractivity contribution in [2.45, 2.75) is 39.5 Å². The van der Waals surface area contributed by atoms with Crippen molar-refractivity contribution in [3.8, 4) is 0 Å². The summed E-state index contributed by atoms with van der Waals surface area (Å²) in [5.74, 6) is 0. The molecule has 0 radical (unpaired) electrons. The molecule has 56 valence electrons. The lowest BCUT2D eigenvalue weighted by Crippen LogP contribution is -1.65. The van der Waals surface area contributed by atoms with E-state index >= 15 is 0 Å². The molecular weight excluding hydrogens is 112 g/mol. The summed E-state index contributed by atoms with van der Waals surface area (Å²) in [6.45, 7) is 4.39. The highest BCUT2D eigenvalue weighted by Gasteiger charge is 1.74. The maximum atomic E-state index is 2.27. The molecule has 0 aliphatic heterocycles. The molecule has 0 amide bonds. The zero-order valence-corrected chi connectivity index (χ0v) is 6.48. The highest BCUT2D eigenvalue weighted by atomic mass is 16.0. The SMILES string of the molecule is CCC=CCCCC.O. The Balaban J connectivity index is 0. The summed E-state index contributed by atoms with van der Waals surface area (Å²) in [7, 11) is 0. The van der Waals surface area contributed by atoms with E-state index < -0.39 is 0 Å².